The standard InChI is InChI=1S/C12H10ClN3O4S/c13-9-2-1-6(3-8(9)10(17)18)15-11(19)14-4-7-5-21-12(20)16-7/h1-3,5H,4H2,(H,16,20)(H,17,18)(H2,14,15,19). The summed E-state index contributed by atoms with van der Waals surface area (Å²) in [6.07, 6.45) is 0. The zero-order valence-electron chi connectivity index (χ0n) is 10.5. The van der Waals surface area contributed by atoms with Crippen LogP contribution in [0.3, 0.4) is 0 Å². The van der Waals surface area contributed by atoms with Gasteiger partial charge in [0.2, 0.25) is 0 Å². The molecule has 0 unspecified atom stereocenters. The first kappa shape index (κ1) is 15.1. The number of aromatic nitrogens is 1. The molecule has 0 atom stereocenters. The molecule has 1 heterocycles. The predicted octanol–water partition coefficient (Wildman–Crippen LogP) is 2.11. The predicted molar refractivity (Wildman–Crippen MR) is 79.2 cm³/mol. The topological polar surface area (TPSA) is 111 Å². The van der Waals surface area contributed by atoms with Crippen molar-refractivity contribution in [3.05, 3.63) is 49.5 Å². The lowest BCUT2D eigenvalue weighted by molar-refractivity contribution is 0.0697. The van der Waals surface area contributed by atoms with Gasteiger partial charge in [-0.15, -0.1) is 0 Å². The number of anilines is 1. The van der Waals surface area contributed by atoms with Gasteiger partial charge in [-0.3, -0.25) is 4.79 Å². The normalized spacial score (nSPS) is 10.1. The fraction of sp³-hybridized carbons (Fsp3) is 0.0833. The first-order valence-electron chi connectivity index (χ1n) is 5.70. The lowest BCUT2D eigenvalue weighted by Gasteiger charge is -2.08. The number of hydrogen-bond acceptors (Lipinski definition) is 4. The molecule has 4 N–H and O–H groups in total. The van der Waals surface area contributed by atoms with Crippen LogP contribution in [-0.2, 0) is 6.54 Å². The maximum atomic E-state index is 11.7. The van der Waals surface area contributed by atoms with Crippen molar-refractivity contribution < 1.29 is 14.7 Å². The van der Waals surface area contributed by atoms with Crippen molar-refractivity contribution in [3.8, 4) is 0 Å². The number of aromatic amines is 1. The van der Waals surface area contributed by atoms with E-state index in [0.29, 0.717) is 11.4 Å². The number of carbonyl (C=O) groups excluding carboxylic acids is 1. The summed E-state index contributed by atoms with van der Waals surface area (Å²) in [6, 6.07) is 3.61. The number of carboxylic acid groups (broad SMARTS) is 1. The molecule has 0 spiro atoms. The second-order valence-corrected chi connectivity index (χ2v) is 5.23. The number of nitrogens with one attached hydrogen (secondary N) is 3. The Morgan fingerprint density at radius 1 is 1.38 bits per heavy atom. The molecule has 0 aliphatic rings. The average Bonchev–Trinajstić information content (AvgIpc) is 2.84. The molecule has 0 radical (unpaired) electrons. The Labute approximate surface area is 127 Å². The lowest BCUT2D eigenvalue weighted by Crippen LogP contribution is -2.28. The second kappa shape index (κ2) is 6.42. The number of thiazole rings is 1. The summed E-state index contributed by atoms with van der Waals surface area (Å²) in [5, 5.41) is 15.6. The molecule has 9 heteroatoms. The molecule has 2 amide bonds. The van der Waals surface area contributed by atoms with E-state index in [1.165, 1.54) is 18.2 Å². The number of rotatable bonds is 4. The molecule has 7 nitrogen and oxygen atoms in total. The number of amides is 2. The molecule has 0 saturated carbocycles. The molecule has 110 valence electrons. The smallest absolute Gasteiger partial charge is 0.337 e. The Balaban J connectivity index is 1.98. The maximum Gasteiger partial charge on any atom is 0.337 e. The van der Waals surface area contributed by atoms with Gasteiger partial charge in [0.25, 0.3) is 0 Å². The molecule has 1 aromatic carbocycles. The Morgan fingerprint density at radius 3 is 2.76 bits per heavy atom. The largest absolute Gasteiger partial charge is 0.478 e. The zero-order chi connectivity index (χ0) is 15.4. The van der Waals surface area contributed by atoms with Crippen molar-refractivity contribution >= 4 is 40.6 Å². The third-order valence-electron chi connectivity index (χ3n) is 2.46. The minimum atomic E-state index is -1.18. The van der Waals surface area contributed by atoms with Crippen LogP contribution in [0.25, 0.3) is 0 Å². The van der Waals surface area contributed by atoms with Gasteiger partial charge < -0.3 is 20.7 Å². The molecular weight excluding hydrogens is 318 g/mol. The van der Waals surface area contributed by atoms with E-state index >= 15 is 0 Å². The van der Waals surface area contributed by atoms with E-state index in [1.54, 1.807) is 5.38 Å². The number of carboxylic acids is 1. The van der Waals surface area contributed by atoms with Gasteiger partial charge >= 0.3 is 16.9 Å². The average molecular weight is 328 g/mol. The summed E-state index contributed by atoms with van der Waals surface area (Å²) in [5.74, 6) is -1.18. The van der Waals surface area contributed by atoms with Crippen LogP contribution >= 0.6 is 22.9 Å². The molecule has 0 aliphatic carbocycles. The summed E-state index contributed by atoms with van der Waals surface area (Å²) in [6.45, 7) is 0.157. The monoisotopic (exact) mass is 327 g/mol. The summed E-state index contributed by atoms with van der Waals surface area (Å²) in [4.78, 5) is 35.9. The van der Waals surface area contributed by atoms with Crippen LogP contribution in [-0.4, -0.2) is 22.1 Å². The van der Waals surface area contributed by atoms with Crippen molar-refractivity contribution in [2.45, 2.75) is 6.54 Å². The Morgan fingerprint density at radius 2 is 2.14 bits per heavy atom. The quantitative estimate of drug-likeness (QED) is 0.689. The first-order chi connectivity index (χ1) is 9.95. The Bertz CT molecular complexity index is 740. The SMILES string of the molecule is O=C(NCc1csc(=O)[nH]1)Nc1ccc(Cl)c(C(=O)O)c1. The van der Waals surface area contributed by atoms with Gasteiger partial charge in [0.05, 0.1) is 17.1 Å². The fourth-order valence-electron chi connectivity index (χ4n) is 1.52. The van der Waals surface area contributed by atoms with Gasteiger partial charge in [0, 0.05) is 16.8 Å². The molecule has 21 heavy (non-hydrogen) atoms. The van der Waals surface area contributed by atoms with Crippen molar-refractivity contribution in [3.63, 3.8) is 0 Å². The highest BCUT2D eigenvalue weighted by molar-refractivity contribution is 7.07. The summed E-state index contributed by atoms with van der Waals surface area (Å²) >= 11 is 6.73. The van der Waals surface area contributed by atoms with Crippen LogP contribution in [0.2, 0.25) is 5.02 Å². The highest BCUT2D eigenvalue weighted by atomic mass is 35.5. The molecule has 2 rings (SSSR count). The van der Waals surface area contributed by atoms with Crippen LogP contribution in [0, 0.1) is 0 Å². The summed E-state index contributed by atoms with van der Waals surface area (Å²) in [7, 11) is 0. The van der Waals surface area contributed by atoms with E-state index < -0.39 is 12.0 Å². The zero-order valence-corrected chi connectivity index (χ0v) is 12.0. The van der Waals surface area contributed by atoms with E-state index in [-0.39, 0.29) is 22.0 Å². The van der Waals surface area contributed by atoms with Gasteiger partial charge in [-0.2, -0.15) is 0 Å². The fourth-order valence-corrected chi connectivity index (χ4v) is 2.30. The number of urea groups is 1. The number of benzene rings is 1. The third-order valence-corrected chi connectivity index (χ3v) is 3.51. The first-order valence-corrected chi connectivity index (χ1v) is 6.96. The van der Waals surface area contributed by atoms with E-state index in [1.807, 2.05) is 0 Å². The number of hydrogen-bond donors (Lipinski definition) is 4. The number of H-pyrrole nitrogens is 1. The van der Waals surface area contributed by atoms with Gasteiger partial charge in [0.15, 0.2) is 0 Å². The minimum Gasteiger partial charge on any atom is -0.478 e. The van der Waals surface area contributed by atoms with E-state index in [9.17, 15) is 14.4 Å². The van der Waals surface area contributed by atoms with E-state index in [0.717, 1.165) is 11.3 Å². The van der Waals surface area contributed by atoms with Crippen LogP contribution in [0.1, 0.15) is 16.1 Å². The lowest BCUT2D eigenvalue weighted by atomic mass is 10.2. The molecule has 0 saturated heterocycles. The van der Waals surface area contributed by atoms with Crippen molar-refractivity contribution in [2.75, 3.05) is 5.32 Å². The molecular formula is C12H10ClN3O4S. The maximum absolute atomic E-state index is 11.7. The molecule has 0 aliphatic heterocycles. The Hall–Kier alpha value is -2.32. The van der Waals surface area contributed by atoms with Gasteiger partial charge in [-0.05, 0) is 18.2 Å². The Kier molecular flexibility index (Phi) is 4.61. The van der Waals surface area contributed by atoms with Crippen LogP contribution < -0.4 is 15.5 Å². The molecule has 0 bridgehead atoms. The number of halogens is 1. The van der Waals surface area contributed by atoms with Crippen LogP contribution in [0.15, 0.2) is 28.4 Å². The highest BCUT2D eigenvalue weighted by Gasteiger charge is 2.10. The number of aromatic carboxylic acids is 1. The van der Waals surface area contributed by atoms with Gasteiger partial charge in [-0.1, -0.05) is 22.9 Å². The molecule has 1 aromatic heterocycles. The van der Waals surface area contributed by atoms with Crippen molar-refractivity contribution in [1.29, 1.82) is 0 Å². The second-order valence-electron chi connectivity index (χ2n) is 3.98. The number of carbonyl (C=O) groups is 2. The van der Waals surface area contributed by atoms with E-state index in [2.05, 4.69) is 15.6 Å². The summed E-state index contributed by atoms with van der Waals surface area (Å²) < 4.78 is 0. The summed E-state index contributed by atoms with van der Waals surface area (Å²) in [5.41, 5.74) is 0.784. The van der Waals surface area contributed by atoms with Crippen LogP contribution in [0.5, 0.6) is 0 Å². The molecule has 2 aromatic rings. The van der Waals surface area contributed by atoms with Crippen molar-refractivity contribution in [1.82, 2.24) is 10.3 Å². The van der Waals surface area contributed by atoms with Crippen molar-refractivity contribution in [2.24, 2.45) is 0 Å². The highest BCUT2D eigenvalue weighted by Crippen LogP contribution is 2.20. The minimum absolute atomic E-state index is 0.0873. The molecule has 0 fully saturated rings. The van der Waals surface area contributed by atoms with E-state index in [4.69, 9.17) is 16.7 Å². The third kappa shape index (κ3) is 4.07. The van der Waals surface area contributed by atoms with Gasteiger partial charge in [-0.25, -0.2) is 9.59 Å². The van der Waals surface area contributed by atoms with Crippen LogP contribution in [0.4, 0.5) is 10.5 Å². The van der Waals surface area contributed by atoms with Gasteiger partial charge in [0.1, 0.15) is 0 Å².